The van der Waals surface area contributed by atoms with E-state index in [4.69, 9.17) is 14.2 Å². The third-order valence-corrected chi connectivity index (χ3v) is 8.67. The summed E-state index contributed by atoms with van der Waals surface area (Å²) in [5.41, 5.74) is 2.35. The number of carbonyl (C=O) groups excluding carboxylic acids is 3. The summed E-state index contributed by atoms with van der Waals surface area (Å²) in [5, 5.41) is 0. The van der Waals surface area contributed by atoms with Crippen molar-refractivity contribution in [2.24, 2.45) is 23.2 Å². The molecule has 5 aliphatic rings. The lowest BCUT2D eigenvalue weighted by Crippen LogP contribution is -2.44. The predicted octanol–water partition coefficient (Wildman–Crippen LogP) is 5.28. The van der Waals surface area contributed by atoms with Crippen LogP contribution in [0.2, 0.25) is 0 Å². The molecule has 7 heteroatoms. The van der Waals surface area contributed by atoms with Gasteiger partial charge in [-0.1, -0.05) is 27.2 Å². The van der Waals surface area contributed by atoms with Crippen LogP contribution < -0.4 is 0 Å². The fraction of sp³-hybridized carbons (Fsp3) is 0.516. The van der Waals surface area contributed by atoms with Crippen molar-refractivity contribution in [3.05, 3.63) is 70.3 Å². The second-order valence-electron chi connectivity index (χ2n) is 11.9. The molecule has 1 heterocycles. The monoisotopic (exact) mass is 519 g/mol. The molecule has 2 saturated carbocycles. The molecule has 0 saturated heterocycles. The van der Waals surface area contributed by atoms with Crippen molar-refractivity contribution in [1.82, 2.24) is 4.90 Å². The molecule has 0 radical (unpaired) electrons. The van der Waals surface area contributed by atoms with Crippen molar-refractivity contribution in [3.8, 4) is 0 Å². The second-order valence-corrected chi connectivity index (χ2v) is 11.9. The lowest BCUT2D eigenvalue weighted by Gasteiger charge is -2.38. The van der Waals surface area contributed by atoms with E-state index < -0.39 is 11.9 Å². The first kappa shape index (κ1) is 26.3. The smallest absolute Gasteiger partial charge is 0.235 e. The minimum Gasteiger partial charge on any atom is -0.492 e. The molecule has 202 valence electrons. The second kappa shape index (κ2) is 9.75. The molecule has 4 unspecified atom stereocenters. The highest BCUT2D eigenvalue weighted by molar-refractivity contribution is 6.17. The van der Waals surface area contributed by atoms with Gasteiger partial charge in [-0.05, 0) is 67.7 Å². The van der Waals surface area contributed by atoms with Crippen molar-refractivity contribution in [3.63, 3.8) is 0 Å². The van der Waals surface area contributed by atoms with Crippen LogP contribution in [-0.2, 0) is 28.6 Å². The van der Waals surface area contributed by atoms with Crippen molar-refractivity contribution in [2.45, 2.75) is 65.9 Å². The maximum Gasteiger partial charge on any atom is 0.235 e. The Morgan fingerprint density at radius 1 is 1.21 bits per heavy atom. The highest BCUT2D eigenvalue weighted by Gasteiger charge is 2.53. The van der Waals surface area contributed by atoms with Crippen LogP contribution in [0, 0.1) is 23.2 Å². The molecule has 7 nitrogen and oxygen atoms in total. The van der Waals surface area contributed by atoms with Crippen LogP contribution >= 0.6 is 0 Å². The molecular weight excluding hydrogens is 482 g/mol. The van der Waals surface area contributed by atoms with Gasteiger partial charge in [-0.15, -0.1) is 0 Å². The normalized spacial score (nSPS) is 29.9. The Morgan fingerprint density at radius 2 is 1.97 bits per heavy atom. The third kappa shape index (κ3) is 4.36. The molecule has 5 rings (SSSR count). The first-order valence-corrected chi connectivity index (χ1v) is 13.5. The van der Waals surface area contributed by atoms with Crippen LogP contribution in [0.15, 0.2) is 70.3 Å². The fourth-order valence-electron chi connectivity index (χ4n) is 6.71. The number of Topliss-reactive ketones (excluding diaryl/α,β-unsaturated/α-hetero) is 2. The van der Waals surface area contributed by atoms with Gasteiger partial charge >= 0.3 is 0 Å². The van der Waals surface area contributed by atoms with Crippen LogP contribution in [-0.4, -0.2) is 42.6 Å². The van der Waals surface area contributed by atoms with Gasteiger partial charge in [-0.3, -0.25) is 14.4 Å². The molecule has 0 aromatic carbocycles. The number of allylic oxidation sites excluding steroid dienone is 6. The van der Waals surface area contributed by atoms with Gasteiger partial charge in [0.15, 0.2) is 11.5 Å². The van der Waals surface area contributed by atoms with Crippen LogP contribution in [0.1, 0.15) is 59.8 Å². The number of hydrogen-bond donors (Lipinski definition) is 0. The first-order chi connectivity index (χ1) is 18.0. The fourth-order valence-corrected chi connectivity index (χ4v) is 6.71. The average molecular weight is 520 g/mol. The molecule has 38 heavy (non-hydrogen) atoms. The lowest BCUT2D eigenvalue weighted by molar-refractivity contribution is -0.140. The van der Waals surface area contributed by atoms with Gasteiger partial charge in [-0.25, -0.2) is 0 Å². The van der Waals surface area contributed by atoms with E-state index in [2.05, 4.69) is 6.92 Å². The van der Waals surface area contributed by atoms with E-state index in [-0.39, 0.29) is 52.1 Å². The predicted molar refractivity (Wildman–Crippen MR) is 142 cm³/mol. The highest BCUT2D eigenvalue weighted by Crippen LogP contribution is 2.56. The number of ether oxygens (including phenoxy) is 3. The number of carbonyl (C=O) groups is 3. The molecule has 0 spiro atoms. The molecule has 4 aliphatic carbocycles. The Morgan fingerprint density at radius 3 is 2.61 bits per heavy atom. The number of rotatable bonds is 6. The molecule has 2 fully saturated rings. The van der Waals surface area contributed by atoms with Crippen LogP contribution in [0.5, 0.6) is 0 Å². The van der Waals surface area contributed by atoms with Gasteiger partial charge in [0.25, 0.3) is 0 Å². The van der Waals surface area contributed by atoms with Gasteiger partial charge in [0.05, 0.1) is 35.6 Å². The van der Waals surface area contributed by atoms with Gasteiger partial charge in [0.1, 0.15) is 23.7 Å². The number of nitrogens with zero attached hydrogens (tertiary/aromatic N) is 1. The third-order valence-electron chi connectivity index (χ3n) is 8.67. The molecule has 0 N–H and O–H groups in total. The molecule has 1 aliphatic heterocycles. The number of fused-ring (bicyclic) bond motifs is 4. The topological polar surface area (TPSA) is 82.1 Å². The SMILES string of the molecule is COC1=C(C(=O)CC(C)C)C=C2OC=C3C(N(C)C(=O)C4(C)CC5CCC4C5)=CC(C)=CC3OC=C2C1=O. The summed E-state index contributed by atoms with van der Waals surface area (Å²) < 4.78 is 17.6. The van der Waals surface area contributed by atoms with Gasteiger partial charge in [-0.2, -0.15) is 0 Å². The maximum atomic E-state index is 13.9. The number of amides is 1. The Hall–Kier alpha value is -3.35. The summed E-state index contributed by atoms with van der Waals surface area (Å²) in [7, 11) is 3.20. The molecule has 1 amide bonds. The zero-order valence-corrected chi connectivity index (χ0v) is 23.1. The van der Waals surface area contributed by atoms with Crippen LogP contribution in [0.25, 0.3) is 0 Å². The van der Waals surface area contributed by atoms with E-state index in [1.165, 1.54) is 19.8 Å². The van der Waals surface area contributed by atoms with E-state index >= 15 is 0 Å². The van der Waals surface area contributed by atoms with E-state index in [0.717, 1.165) is 24.8 Å². The summed E-state index contributed by atoms with van der Waals surface area (Å²) in [6, 6.07) is 0. The molecule has 0 aromatic rings. The van der Waals surface area contributed by atoms with Crippen molar-refractivity contribution < 1.29 is 28.6 Å². The number of ketones is 2. The Bertz CT molecular complexity index is 1270. The molecule has 2 bridgehead atoms. The zero-order valence-electron chi connectivity index (χ0n) is 23.1. The average Bonchev–Trinajstić information content (AvgIpc) is 3.45. The highest BCUT2D eigenvalue weighted by atomic mass is 16.5. The van der Waals surface area contributed by atoms with Crippen molar-refractivity contribution in [2.75, 3.05) is 14.2 Å². The summed E-state index contributed by atoms with van der Waals surface area (Å²) in [6.45, 7) is 7.96. The number of methoxy groups -OCH3 is 1. The van der Waals surface area contributed by atoms with E-state index in [1.807, 2.05) is 40.0 Å². The quantitative estimate of drug-likeness (QED) is 0.475. The minimum atomic E-state index is -0.543. The maximum absolute atomic E-state index is 13.9. The number of likely N-dealkylation sites (N-methyl/N-ethyl adjacent to an activating group) is 1. The Labute approximate surface area is 224 Å². The summed E-state index contributed by atoms with van der Waals surface area (Å²) in [5.74, 6) is 0.860. The largest absolute Gasteiger partial charge is 0.492 e. The molecule has 4 atom stereocenters. The van der Waals surface area contributed by atoms with Crippen LogP contribution in [0.4, 0.5) is 0 Å². The lowest BCUT2D eigenvalue weighted by atomic mass is 9.73. The van der Waals surface area contributed by atoms with E-state index in [0.29, 0.717) is 23.1 Å². The standard InChI is InChI=1S/C31H37NO6/c1-17(2)9-25(33)21-13-27-23(28(34)29(21)36-6)16-38-26-11-18(3)10-24(22(26)15-37-27)32(5)30(35)31(4)14-19-7-8-20(31)12-19/h10-11,13,15-17,19-20,26H,7-9,12,14H2,1-6H3. The molecular formula is C31H37NO6. The first-order valence-electron chi connectivity index (χ1n) is 13.5. The summed E-state index contributed by atoms with van der Waals surface area (Å²) in [6.07, 6.45) is 12.5. The Kier molecular flexibility index (Phi) is 6.74. The van der Waals surface area contributed by atoms with E-state index in [1.54, 1.807) is 17.2 Å². The zero-order chi connectivity index (χ0) is 27.4. The van der Waals surface area contributed by atoms with Crippen LogP contribution in [0.3, 0.4) is 0 Å². The van der Waals surface area contributed by atoms with E-state index in [9.17, 15) is 14.4 Å². The van der Waals surface area contributed by atoms with Crippen molar-refractivity contribution >= 4 is 17.5 Å². The summed E-state index contributed by atoms with van der Waals surface area (Å²) in [4.78, 5) is 41.8. The summed E-state index contributed by atoms with van der Waals surface area (Å²) >= 11 is 0. The molecule has 0 aromatic heterocycles. The number of hydrogen-bond acceptors (Lipinski definition) is 6. The van der Waals surface area contributed by atoms with Gasteiger partial charge in [0, 0.05) is 13.5 Å². The van der Waals surface area contributed by atoms with Gasteiger partial charge in [0.2, 0.25) is 11.7 Å². The van der Waals surface area contributed by atoms with Gasteiger partial charge < -0.3 is 19.1 Å². The van der Waals surface area contributed by atoms with Crippen molar-refractivity contribution in [1.29, 1.82) is 0 Å². The minimum absolute atomic E-state index is 0.0111. The Balaban J connectivity index is 1.48.